The zero-order valence-corrected chi connectivity index (χ0v) is 8.50. The summed E-state index contributed by atoms with van der Waals surface area (Å²) in [5.41, 5.74) is 0.455. The SMILES string of the molecule is CCCn1cc(S(N)(=O)=O)c(C)n1. The van der Waals surface area contributed by atoms with Gasteiger partial charge >= 0.3 is 0 Å². The minimum atomic E-state index is -3.61. The standard InChI is InChI=1S/C7H13N3O2S/c1-3-4-10-5-7(6(2)9-10)13(8,11)12/h5H,3-4H2,1-2H3,(H2,8,11,12). The molecule has 0 saturated heterocycles. The first-order chi connectivity index (χ1) is 5.95. The molecule has 0 radical (unpaired) electrons. The molecule has 1 rings (SSSR count). The average Bonchev–Trinajstić information content (AvgIpc) is 2.30. The van der Waals surface area contributed by atoms with E-state index in [2.05, 4.69) is 5.10 Å². The van der Waals surface area contributed by atoms with Gasteiger partial charge in [-0.05, 0) is 13.3 Å². The van der Waals surface area contributed by atoms with Gasteiger partial charge in [0.2, 0.25) is 10.0 Å². The first-order valence-corrected chi connectivity index (χ1v) is 5.56. The fourth-order valence-corrected chi connectivity index (χ4v) is 1.84. The number of hydrogen-bond acceptors (Lipinski definition) is 3. The van der Waals surface area contributed by atoms with Crippen molar-refractivity contribution in [2.45, 2.75) is 31.7 Å². The second-order valence-electron chi connectivity index (χ2n) is 2.89. The van der Waals surface area contributed by atoms with Crippen molar-refractivity contribution < 1.29 is 8.42 Å². The van der Waals surface area contributed by atoms with E-state index >= 15 is 0 Å². The van der Waals surface area contributed by atoms with Crippen LogP contribution in [0.25, 0.3) is 0 Å². The molecular formula is C7H13N3O2S. The van der Waals surface area contributed by atoms with Gasteiger partial charge in [-0.3, -0.25) is 4.68 Å². The summed E-state index contributed by atoms with van der Waals surface area (Å²) < 4.78 is 23.6. The molecule has 1 heterocycles. The normalized spacial score (nSPS) is 11.9. The van der Waals surface area contributed by atoms with Crippen LogP contribution in [0.15, 0.2) is 11.1 Å². The molecule has 0 atom stereocenters. The van der Waals surface area contributed by atoms with Gasteiger partial charge in [-0.15, -0.1) is 0 Å². The molecule has 0 aromatic carbocycles. The molecule has 0 fully saturated rings. The van der Waals surface area contributed by atoms with Gasteiger partial charge in [0.05, 0.1) is 5.69 Å². The van der Waals surface area contributed by atoms with Gasteiger partial charge in [-0.2, -0.15) is 5.10 Å². The van der Waals surface area contributed by atoms with Gasteiger partial charge < -0.3 is 0 Å². The van der Waals surface area contributed by atoms with Gasteiger partial charge in [0.1, 0.15) is 4.90 Å². The second-order valence-corrected chi connectivity index (χ2v) is 4.42. The summed E-state index contributed by atoms with van der Waals surface area (Å²) in [5, 5.41) is 9.01. The Kier molecular flexibility index (Phi) is 2.72. The molecule has 0 spiro atoms. The molecule has 0 aliphatic carbocycles. The number of nitrogens with two attached hydrogens (primary N) is 1. The van der Waals surface area contributed by atoms with E-state index in [0.717, 1.165) is 6.42 Å². The smallest absolute Gasteiger partial charge is 0.241 e. The Hall–Kier alpha value is -0.880. The second kappa shape index (κ2) is 3.47. The molecule has 0 aliphatic heterocycles. The van der Waals surface area contributed by atoms with Crippen LogP contribution in [0.5, 0.6) is 0 Å². The highest BCUT2D eigenvalue weighted by Crippen LogP contribution is 2.10. The predicted octanol–water partition coefficient (Wildman–Crippen LogP) is 0.249. The van der Waals surface area contributed by atoms with Crippen molar-refractivity contribution in [3.05, 3.63) is 11.9 Å². The molecule has 1 aromatic rings. The molecule has 1 aromatic heterocycles. The van der Waals surface area contributed by atoms with Crippen LogP contribution in [0.4, 0.5) is 0 Å². The van der Waals surface area contributed by atoms with E-state index in [0.29, 0.717) is 12.2 Å². The molecule has 0 saturated carbocycles. The molecule has 13 heavy (non-hydrogen) atoms. The van der Waals surface area contributed by atoms with Crippen LogP contribution in [-0.4, -0.2) is 18.2 Å². The summed E-state index contributed by atoms with van der Waals surface area (Å²) >= 11 is 0. The molecule has 6 heteroatoms. The average molecular weight is 203 g/mol. The van der Waals surface area contributed by atoms with E-state index < -0.39 is 10.0 Å². The Morgan fingerprint density at radius 2 is 2.23 bits per heavy atom. The fraction of sp³-hybridized carbons (Fsp3) is 0.571. The number of primary sulfonamides is 1. The first-order valence-electron chi connectivity index (χ1n) is 4.02. The largest absolute Gasteiger partial charge is 0.271 e. The maximum atomic E-state index is 11.0. The summed E-state index contributed by atoms with van der Waals surface area (Å²) in [6.45, 7) is 4.33. The summed E-state index contributed by atoms with van der Waals surface area (Å²) in [5.74, 6) is 0. The minimum absolute atomic E-state index is 0.112. The van der Waals surface area contributed by atoms with Crippen LogP contribution in [0.2, 0.25) is 0 Å². The lowest BCUT2D eigenvalue weighted by Gasteiger charge is -1.94. The molecule has 0 unspecified atom stereocenters. The van der Waals surface area contributed by atoms with Crippen LogP contribution < -0.4 is 5.14 Å². The first kappa shape index (κ1) is 10.2. The lowest BCUT2D eigenvalue weighted by molar-refractivity contribution is 0.592. The van der Waals surface area contributed by atoms with Crippen LogP contribution >= 0.6 is 0 Å². The maximum absolute atomic E-state index is 11.0. The molecule has 0 bridgehead atoms. The van der Waals surface area contributed by atoms with Crippen molar-refractivity contribution in [1.29, 1.82) is 0 Å². The summed E-state index contributed by atoms with van der Waals surface area (Å²) in [6.07, 6.45) is 2.37. The molecule has 0 aliphatic rings. The van der Waals surface area contributed by atoms with Crippen molar-refractivity contribution in [2.75, 3.05) is 0 Å². The van der Waals surface area contributed by atoms with E-state index in [1.54, 1.807) is 11.6 Å². The van der Waals surface area contributed by atoms with E-state index in [4.69, 9.17) is 5.14 Å². The third-order valence-electron chi connectivity index (χ3n) is 1.66. The lowest BCUT2D eigenvalue weighted by Crippen LogP contribution is -2.12. The number of aryl methyl sites for hydroxylation is 2. The van der Waals surface area contributed by atoms with Gasteiger partial charge in [-0.1, -0.05) is 6.92 Å². The van der Waals surface area contributed by atoms with Crippen LogP contribution in [0, 0.1) is 6.92 Å². The number of aromatic nitrogens is 2. The molecular weight excluding hydrogens is 190 g/mol. The zero-order chi connectivity index (χ0) is 10.1. The van der Waals surface area contributed by atoms with Crippen molar-refractivity contribution in [3.8, 4) is 0 Å². The topological polar surface area (TPSA) is 78.0 Å². The lowest BCUT2D eigenvalue weighted by atomic mass is 10.5. The van der Waals surface area contributed by atoms with E-state index in [1.807, 2.05) is 6.92 Å². The monoisotopic (exact) mass is 203 g/mol. The van der Waals surface area contributed by atoms with Crippen molar-refractivity contribution in [2.24, 2.45) is 5.14 Å². The Balaban J connectivity index is 3.11. The van der Waals surface area contributed by atoms with Gasteiger partial charge in [-0.25, -0.2) is 13.6 Å². The highest BCUT2D eigenvalue weighted by Gasteiger charge is 2.14. The van der Waals surface area contributed by atoms with E-state index in [9.17, 15) is 8.42 Å². The quantitative estimate of drug-likeness (QED) is 0.764. The molecule has 5 nitrogen and oxygen atoms in total. The highest BCUT2D eigenvalue weighted by atomic mass is 32.2. The van der Waals surface area contributed by atoms with E-state index in [-0.39, 0.29) is 4.90 Å². The van der Waals surface area contributed by atoms with Crippen molar-refractivity contribution >= 4 is 10.0 Å². The zero-order valence-electron chi connectivity index (χ0n) is 7.69. The van der Waals surface area contributed by atoms with Crippen LogP contribution in [0.3, 0.4) is 0 Å². The Bertz CT molecular complexity index is 394. The summed E-state index contributed by atoms with van der Waals surface area (Å²) in [7, 11) is -3.61. The van der Waals surface area contributed by atoms with Gasteiger partial charge in [0.25, 0.3) is 0 Å². The third-order valence-corrected chi connectivity index (χ3v) is 2.67. The Morgan fingerprint density at radius 3 is 2.62 bits per heavy atom. The van der Waals surface area contributed by atoms with Gasteiger partial charge in [0.15, 0.2) is 0 Å². The number of rotatable bonds is 3. The minimum Gasteiger partial charge on any atom is -0.271 e. The van der Waals surface area contributed by atoms with Crippen LogP contribution in [0.1, 0.15) is 19.0 Å². The fourth-order valence-electron chi connectivity index (χ4n) is 1.12. The summed E-state index contributed by atoms with van der Waals surface area (Å²) in [4.78, 5) is 0.112. The number of sulfonamides is 1. The van der Waals surface area contributed by atoms with Gasteiger partial charge in [0, 0.05) is 12.7 Å². The third kappa shape index (κ3) is 2.28. The number of hydrogen-bond donors (Lipinski definition) is 1. The molecule has 74 valence electrons. The van der Waals surface area contributed by atoms with E-state index in [1.165, 1.54) is 6.20 Å². The van der Waals surface area contributed by atoms with Crippen LogP contribution in [-0.2, 0) is 16.6 Å². The van der Waals surface area contributed by atoms with Crippen molar-refractivity contribution in [1.82, 2.24) is 9.78 Å². The summed E-state index contributed by atoms with van der Waals surface area (Å²) in [6, 6.07) is 0. The maximum Gasteiger partial charge on any atom is 0.241 e. The molecule has 0 amide bonds. The Morgan fingerprint density at radius 1 is 1.62 bits per heavy atom. The molecule has 2 N–H and O–H groups in total. The predicted molar refractivity (Wildman–Crippen MR) is 48.6 cm³/mol. The number of nitrogens with zero attached hydrogens (tertiary/aromatic N) is 2. The highest BCUT2D eigenvalue weighted by molar-refractivity contribution is 7.89. The van der Waals surface area contributed by atoms with Crippen molar-refractivity contribution in [3.63, 3.8) is 0 Å². The Labute approximate surface area is 77.6 Å².